The summed E-state index contributed by atoms with van der Waals surface area (Å²) < 4.78 is 13.3. The van der Waals surface area contributed by atoms with Gasteiger partial charge >= 0.3 is 0 Å². The van der Waals surface area contributed by atoms with Crippen LogP contribution in [-0.2, 0) is 16.1 Å². The highest BCUT2D eigenvalue weighted by atomic mass is 32.2. The Bertz CT molecular complexity index is 1230. The Balaban J connectivity index is 0.00000186. The van der Waals surface area contributed by atoms with Gasteiger partial charge in [-0.05, 0) is 79.5 Å². The molecule has 196 valence electrons. The molecular weight excluding hydrogens is 489 g/mol. The van der Waals surface area contributed by atoms with E-state index in [1.165, 1.54) is 19.2 Å². The fraction of sp³-hybridized carbons (Fsp3) is 0.357. The number of carbonyl (C=O) groups excluding carboxylic acids is 2. The highest BCUT2D eigenvalue weighted by Crippen LogP contribution is 2.23. The first-order valence-electron chi connectivity index (χ1n) is 12.6. The van der Waals surface area contributed by atoms with Crippen molar-refractivity contribution >= 4 is 46.1 Å². The summed E-state index contributed by atoms with van der Waals surface area (Å²) in [5.74, 6) is 0.873. The summed E-state index contributed by atoms with van der Waals surface area (Å²) in [5, 5.41) is 6.86. The second-order valence-corrected chi connectivity index (χ2v) is 9.29. The smallest absolute Gasteiger partial charge is 0.257 e. The minimum Gasteiger partial charge on any atom is -0.357 e. The van der Waals surface area contributed by atoms with Gasteiger partial charge in [-0.1, -0.05) is 26.0 Å². The van der Waals surface area contributed by atoms with Gasteiger partial charge in [0.15, 0.2) is 5.62 Å². The molecule has 9 heteroatoms. The fourth-order valence-corrected chi connectivity index (χ4v) is 4.67. The van der Waals surface area contributed by atoms with Crippen molar-refractivity contribution in [3.05, 3.63) is 70.6 Å². The molecule has 4 rings (SSSR count). The number of aromatic nitrogens is 2. The SMILES string of the molecule is CC.CNC(=O)/C(=C/c1cccc(N2CCC(CNCc3ccc4cc(F)ccc4n3)CC2)n1)SC=O. The van der Waals surface area contributed by atoms with Crippen molar-refractivity contribution in [1.82, 2.24) is 20.6 Å². The van der Waals surface area contributed by atoms with Gasteiger partial charge in [-0.3, -0.25) is 14.6 Å². The molecule has 1 saturated heterocycles. The summed E-state index contributed by atoms with van der Waals surface area (Å²) >= 11 is 0.841. The number of thioether (sulfide) groups is 1. The van der Waals surface area contributed by atoms with E-state index in [1.807, 2.05) is 44.2 Å². The molecule has 2 N–H and O–H groups in total. The topological polar surface area (TPSA) is 87.2 Å². The molecule has 3 heterocycles. The Morgan fingerprint density at radius 2 is 1.92 bits per heavy atom. The molecule has 0 atom stereocenters. The molecule has 1 aromatic carbocycles. The summed E-state index contributed by atoms with van der Waals surface area (Å²) in [6.07, 6.45) is 3.72. The Labute approximate surface area is 222 Å². The maximum Gasteiger partial charge on any atom is 0.257 e. The van der Waals surface area contributed by atoms with Crippen LogP contribution in [0.4, 0.5) is 10.2 Å². The zero-order valence-electron chi connectivity index (χ0n) is 21.5. The van der Waals surface area contributed by atoms with Gasteiger partial charge in [0.2, 0.25) is 0 Å². The maximum absolute atomic E-state index is 13.3. The number of anilines is 1. The van der Waals surface area contributed by atoms with Crippen LogP contribution in [0.5, 0.6) is 0 Å². The van der Waals surface area contributed by atoms with E-state index in [0.717, 1.165) is 66.7 Å². The molecule has 37 heavy (non-hydrogen) atoms. The average molecular weight is 524 g/mol. The van der Waals surface area contributed by atoms with Crippen LogP contribution in [0.15, 0.2) is 53.4 Å². The molecule has 3 aromatic rings. The molecule has 0 unspecified atom stereocenters. The molecule has 7 nitrogen and oxygen atoms in total. The van der Waals surface area contributed by atoms with Gasteiger partial charge in [-0.25, -0.2) is 9.37 Å². The first kappa shape index (κ1) is 28.3. The first-order valence-corrected chi connectivity index (χ1v) is 13.5. The van der Waals surface area contributed by atoms with Crippen LogP contribution in [0.1, 0.15) is 38.1 Å². The van der Waals surface area contributed by atoms with Crippen molar-refractivity contribution in [2.45, 2.75) is 33.2 Å². The van der Waals surface area contributed by atoms with E-state index in [1.54, 1.807) is 12.1 Å². The predicted octanol–water partition coefficient (Wildman–Crippen LogP) is 4.81. The third kappa shape index (κ3) is 8.10. The van der Waals surface area contributed by atoms with E-state index in [9.17, 15) is 14.0 Å². The van der Waals surface area contributed by atoms with Gasteiger partial charge in [0.1, 0.15) is 11.6 Å². The van der Waals surface area contributed by atoms with Gasteiger partial charge in [-0.15, -0.1) is 0 Å². The number of nitrogens with zero attached hydrogens (tertiary/aromatic N) is 3. The lowest BCUT2D eigenvalue weighted by Crippen LogP contribution is -2.37. The zero-order valence-corrected chi connectivity index (χ0v) is 22.4. The van der Waals surface area contributed by atoms with Crippen LogP contribution in [0.25, 0.3) is 17.0 Å². The monoisotopic (exact) mass is 523 g/mol. The minimum atomic E-state index is -0.310. The number of carbonyl (C=O) groups is 2. The number of likely N-dealkylation sites (N-methyl/N-ethyl adjacent to an activating group) is 1. The van der Waals surface area contributed by atoms with Crippen molar-refractivity contribution in [2.75, 3.05) is 31.6 Å². The van der Waals surface area contributed by atoms with Crippen LogP contribution in [0, 0.1) is 11.7 Å². The minimum absolute atomic E-state index is 0.250. The van der Waals surface area contributed by atoms with Crippen molar-refractivity contribution < 1.29 is 14.0 Å². The Hall–Kier alpha value is -3.30. The van der Waals surface area contributed by atoms with Crippen LogP contribution >= 0.6 is 11.8 Å². The Kier molecular flexibility index (Phi) is 11.0. The molecule has 1 amide bonds. The number of rotatable bonds is 9. The number of amides is 1. The van der Waals surface area contributed by atoms with Crippen LogP contribution in [0.3, 0.4) is 0 Å². The normalized spacial score (nSPS) is 14.2. The number of piperidine rings is 1. The summed E-state index contributed by atoms with van der Waals surface area (Å²) in [6.45, 7) is 7.39. The fourth-order valence-electron chi connectivity index (χ4n) is 4.17. The van der Waals surface area contributed by atoms with Crippen molar-refractivity contribution in [3.8, 4) is 0 Å². The van der Waals surface area contributed by atoms with Gasteiger partial charge in [0.05, 0.1) is 21.8 Å². The molecular formula is C28H34FN5O2S. The molecule has 1 aliphatic rings. The molecule has 1 aliphatic heterocycles. The maximum atomic E-state index is 13.3. The van der Waals surface area contributed by atoms with E-state index < -0.39 is 0 Å². The summed E-state index contributed by atoms with van der Waals surface area (Å²) in [6, 6.07) is 14.2. The van der Waals surface area contributed by atoms with Crippen molar-refractivity contribution in [2.24, 2.45) is 5.92 Å². The largest absolute Gasteiger partial charge is 0.357 e. The van der Waals surface area contributed by atoms with E-state index in [0.29, 0.717) is 28.7 Å². The molecule has 0 saturated carbocycles. The number of hydrogen-bond acceptors (Lipinski definition) is 7. The molecule has 0 bridgehead atoms. The summed E-state index contributed by atoms with van der Waals surface area (Å²) in [4.78, 5) is 34.7. The average Bonchev–Trinajstić information content (AvgIpc) is 2.94. The van der Waals surface area contributed by atoms with E-state index in [4.69, 9.17) is 0 Å². The lowest BCUT2D eigenvalue weighted by Gasteiger charge is -2.33. The van der Waals surface area contributed by atoms with Gasteiger partial charge in [-0.2, -0.15) is 0 Å². The number of hydrogen-bond donors (Lipinski definition) is 2. The quantitative estimate of drug-likeness (QED) is 0.307. The lowest BCUT2D eigenvalue weighted by molar-refractivity contribution is -0.116. The first-order chi connectivity index (χ1) is 18.1. The standard InChI is InChI=1S/C26H28FN5O2S.C2H6/c1-28-26(34)24(35-17-33)14-21-3-2-4-25(31-21)32-11-9-18(10-12-32)15-29-16-22-7-5-19-13-20(27)6-8-23(19)30-22;1-2/h2-8,13-14,17-18,29H,9-12,15-16H2,1H3,(H,28,34);1-2H3/b24-14-;. The lowest BCUT2D eigenvalue weighted by atomic mass is 9.96. The second kappa shape index (κ2) is 14.4. The number of fused-ring (bicyclic) bond motifs is 1. The number of nitrogens with one attached hydrogen (secondary N) is 2. The Morgan fingerprint density at radius 3 is 2.65 bits per heavy atom. The predicted molar refractivity (Wildman–Crippen MR) is 150 cm³/mol. The number of benzene rings is 1. The van der Waals surface area contributed by atoms with Crippen LogP contribution < -0.4 is 15.5 Å². The molecule has 2 aromatic heterocycles. The number of pyridine rings is 2. The molecule has 0 aliphatic carbocycles. The Morgan fingerprint density at radius 1 is 1.14 bits per heavy atom. The van der Waals surface area contributed by atoms with Crippen molar-refractivity contribution in [3.63, 3.8) is 0 Å². The highest BCUT2D eigenvalue weighted by molar-refractivity contribution is 8.16. The third-order valence-corrected chi connectivity index (χ3v) is 6.70. The van der Waals surface area contributed by atoms with Crippen molar-refractivity contribution in [1.29, 1.82) is 0 Å². The van der Waals surface area contributed by atoms with E-state index in [2.05, 4.69) is 25.5 Å². The van der Waals surface area contributed by atoms with Gasteiger partial charge < -0.3 is 15.5 Å². The van der Waals surface area contributed by atoms with Crippen LogP contribution in [0.2, 0.25) is 0 Å². The van der Waals surface area contributed by atoms with E-state index in [-0.39, 0.29) is 11.7 Å². The number of halogens is 1. The highest BCUT2D eigenvalue weighted by Gasteiger charge is 2.20. The van der Waals surface area contributed by atoms with Gasteiger partial charge in [0, 0.05) is 32.1 Å². The molecule has 1 fully saturated rings. The summed E-state index contributed by atoms with van der Waals surface area (Å²) in [5.41, 5.74) is 3.03. The van der Waals surface area contributed by atoms with Crippen LogP contribution in [-0.4, -0.2) is 48.2 Å². The summed E-state index contributed by atoms with van der Waals surface area (Å²) in [7, 11) is 1.53. The zero-order chi connectivity index (χ0) is 26.6. The molecule has 0 spiro atoms. The van der Waals surface area contributed by atoms with E-state index >= 15 is 0 Å². The second-order valence-electron chi connectivity index (χ2n) is 8.42. The molecule has 0 radical (unpaired) electrons. The van der Waals surface area contributed by atoms with Gasteiger partial charge in [0.25, 0.3) is 5.91 Å². The third-order valence-electron chi connectivity index (χ3n) is 6.05.